The molecule has 1 aliphatic heterocycles. The van der Waals surface area contributed by atoms with E-state index in [4.69, 9.17) is 29.0 Å². The third-order valence-corrected chi connectivity index (χ3v) is 6.67. The minimum absolute atomic E-state index is 0.0425. The van der Waals surface area contributed by atoms with Crippen LogP contribution >= 0.6 is 0 Å². The first kappa shape index (κ1) is 33.8. The molecule has 11 heteroatoms. The average molecular weight is 599 g/mol. The summed E-state index contributed by atoms with van der Waals surface area (Å²) in [5.74, 6) is 0.642. The van der Waals surface area contributed by atoms with Crippen LogP contribution in [0.2, 0.25) is 0 Å². The van der Waals surface area contributed by atoms with Crippen molar-refractivity contribution in [1.82, 2.24) is 15.8 Å². The van der Waals surface area contributed by atoms with Crippen LogP contribution in [0.5, 0.6) is 11.5 Å². The molecule has 0 spiro atoms. The van der Waals surface area contributed by atoms with Crippen molar-refractivity contribution in [1.29, 1.82) is 0 Å². The van der Waals surface area contributed by atoms with Crippen molar-refractivity contribution >= 4 is 17.8 Å². The molecule has 0 bridgehead atoms. The van der Waals surface area contributed by atoms with E-state index in [0.29, 0.717) is 42.2 Å². The molecule has 0 unspecified atom stereocenters. The number of aliphatic hydroxyl groups is 1. The molecule has 0 radical (unpaired) electrons. The second-order valence-corrected chi connectivity index (χ2v) is 11.7. The fraction of sp³-hybridized carbons (Fsp3) is 0.531. The van der Waals surface area contributed by atoms with Gasteiger partial charge in [-0.25, -0.2) is 10.4 Å². The third kappa shape index (κ3) is 9.94. The monoisotopic (exact) mass is 598 g/mol. The summed E-state index contributed by atoms with van der Waals surface area (Å²) in [7, 11) is 5.55. The van der Waals surface area contributed by atoms with Crippen molar-refractivity contribution < 1.29 is 33.6 Å². The lowest BCUT2D eigenvalue weighted by Gasteiger charge is -2.31. The number of carbonyl (C=O) groups is 2. The summed E-state index contributed by atoms with van der Waals surface area (Å²) >= 11 is 0. The van der Waals surface area contributed by atoms with Crippen LogP contribution in [-0.4, -0.2) is 86.4 Å². The number of amides is 1. The maximum atomic E-state index is 14.1. The number of aliphatic hydroxyl groups excluding tert-OH is 1. The zero-order valence-corrected chi connectivity index (χ0v) is 26.1. The van der Waals surface area contributed by atoms with Crippen molar-refractivity contribution in [3.8, 4) is 11.5 Å². The van der Waals surface area contributed by atoms with Gasteiger partial charge >= 0.3 is 5.97 Å². The molecule has 1 heterocycles. The predicted octanol–water partition coefficient (Wildman–Crippen LogP) is 3.41. The fourth-order valence-corrected chi connectivity index (χ4v) is 4.59. The van der Waals surface area contributed by atoms with Crippen LogP contribution in [0.4, 0.5) is 0 Å². The van der Waals surface area contributed by atoms with Gasteiger partial charge in [0.15, 0.2) is 11.6 Å². The number of benzene rings is 2. The first-order chi connectivity index (χ1) is 20.5. The second-order valence-electron chi connectivity index (χ2n) is 11.7. The Kier molecular flexibility index (Phi) is 12.4. The molecule has 1 amide bonds. The van der Waals surface area contributed by atoms with Crippen molar-refractivity contribution in [3.05, 3.63) is 59.7 Å². The van der Waals surface area contributed by atoms with Gasteiger partial charge in [0.1, 0.15) is 17.1 Å². The fourth-order valence-electron chi connectivity index (χ4n) is 4.59. The van der Waals surface area contributed by atoms with Crippen LogP contribution in [0.25, 0.3) is 0 Å². The molecular weight excluding hydrogens is 552 g/mol. The quantitative estimate of drug-likeness (QED) is 0.151. The van der Waals surface area contributed by atoms with Crippen molar-refractivity contribution in [2.75, 3.05) is 47.5 Å². The van der Waals surface area contributed by atoms with Crippen LogP contribution in [-0.2, 0) is 19.1 Å². The van der Waals surface area contributed by atoms with E-state index < -0.39 is 29.1 Å². The highest BCUT2D eigenvalue weighted by Gasteiger charge is 2.53. The van der Waals surface area contributed by atoms with Gasteiger partial charge < -0.3 is 29.0 Å². The molecule has 2 aromatic carbocycles. The summed E-state index contributed by atoms with van der Waals surface area (Å²) in [5, 5.41) is 9.03. The lowest BCUT2D eigenvalue weighted by molar-refractivity contribution is -0.155. The van der Waals surface area contributed by atoms with Crippen LogP contribution in [0.15, 0.2) is 53.5 Å². The zero-order valence-electron chi connectivity index (χ0n) is 26.1. The summed E-state index contributed by atoms with van der Waals surface area (Å²) in [6.45, 7) is 7.24. The van der Waals surface area contributed by atoms with E-state index in [1.54, 1.807) is 58.2 Å². The molecule has 3 rings (SSSR count). The number of nitrogens with one attached hydrogen (secondary N) is 2. The smallest absolute Gasteiger partial charge is 0.306 e. The Morgan fingerprint density at radius 3 is 2.49 bits per heavy atom. The Morgan fingerprint density at radius 1 is 1.09 bits per heavy atom. The summed E-state index contributed by atoms with van der Waals surface area (Å²) in [6, 6.07) is 14.5. The Hall–Kier alpha value is -3.67. The molecule has 0 saturated carbocycles. The van der Waals surface area contributed by atoms with Gasteiger partial charge in [0.2, 0.25) is 5.90 Å². The standard InChI is InChI=1S/C32H46N4O7/c1-31(2,3)43-27(38)16-17-32(30(39)35-33-18-8-19-36(4)5)28(24-10-7-11-26(22-24)40-6)42-29(34-32)23-12-14-25(15-13-23)41-21-9-20-37/h7,10-15,22,28,33,37H,8-9,16-21H2,1-6H3,(H,35,39)/t28-,32-/m0/s1. The number of esters is 1. The number of rotatable bonds is 16. The van der Waals surface area contributed by atoms with E-state index in [-0.39, 0.29) is 25.3 Å². The van der Waals surface area contributed by atoms with Gasteiger partial charge in [-0.2, -0.15) is 0 Å². The lowest BCUT2D eigenvalue weighted by atomic mass is 9.83. The van der Waals surface area contributed by atoms with Gasteiger partial charge in [0.25, 0.3) is 5.91 Å². The number of nitrogens with zero attached hydrogens (tertiary/aromatic N) is 2. The molecule has 0 saturated heterocycles. The number of carbonyl (C=O) groups excluding carboxylic acids is 2. The molecule has 236 valence electrons. The maximum Gasteiger partial charge on any atom is 0.306 e. The highest BCUT2D eigenvalue weighted by atomic mass is 16.6. The average Bonchev–Trinajstić information content (AvgIpc) is 3.36. The van der Waals surface area contributed by atoms with Gasteiger partial charge in [-0.1, -0.05) is 12.1 Å². The molecule has 0 fully saturated rings. The van der Waals surface area contributed by atoms with Crippen LogP contribution < -0.4 is 20.3 Å². The Balaban J connectivity index is 1.99. The van der Waals surface area contributed by atoms with E-state index in [9.17, 15) is 9.59 Å². The second kappa shape index (κ2) is 15.7. The molecule has 3 N–H and O–H groups in total. The molecule has 11 nitrogen and oxygen atoms in total. The van der Waals surface area contributed by atoms with E-state index in [1.807, 2.05) is 32.3 Å². The Morgan fingerprint density at radius 2 is 1.84 bits per heavy atom. The normalized spacial score (nSPS) is 18.1. The van der Waals surface area contributed by atoms with Crippen LogP contribution in [0, 0.1) is 0 Å². The molecule has 2 atom stereocenters. The number of methoxy groups -OCH3 is 1. The highest BCUT2D eigenvalue weighted by Crippen LogP contribution is 2.44. The van der Waals surface area contributed by atoms with Crippen molar-refractivity contribution in [3.63, 3.8) is 0 Å². The largest absolute Gasteiger partial charge is 0.497 e. The number of hydrazine groups is 1. The molecule has 2 aromatic rings. The number of hydrogen-bond acceptors (Lipinski definition) is 10. The van der Waals surface area contributed by atoms with Crippen molar-refractivity contribution in [2.24, 2.45) is 4.99 Å². The maximum absolute atomic E-state index is 14.1. The van der Waals surface area contributed by atoms with Crippen molar-refractivity contribution in [2.45, 2.75) is 63.7 Å². The minimum atomic E-state index is -1.50. The zero-order chi connectivity index (χ0) is 31.5. The molecule has 0 aliphatic carbocycles. The van der Waals surface area contributed by atoms with E-state index in [1.165, 1.54) is 0 Å². The molecular formula is C32H46N4O7. The summed E-state index contributed by atoms with van der Waals surface area (Å²) in [6.07, 6.45) is 0.474. The van der Waals surface area contributed by atoms with Gasteiger partial charge in [-0.3, -0.25) is 15.0 Å². The summed E-state index contributed by atoms with van der Waals surface area (Å²) in [4.78, 5) is 33.9. The summed E-state index contributed by atoms with van der Waals surface area (Å²) < 4.78 is 23.2. The highest BCUT2D eigenvalue weighted by molar-refractivity contribution is 6.01. The van der Waals surface area contributed by atoms with Gasteiger partial charge in [0, 0.05) is 31.6 Å². The van der Waals surface area contributed by atoms with Gasteiger partial charge in [-0.05, 0) is 96.2 Å². The van der Waals surface area contributed by atoms with Gasteiger partial charge in [0.05, 0.1) is 13.7 Å². The van der Waals surface area contributed by atoms with E-state index >= 15 is 0 Å². The van der Waals surface area contributed by atoms with Crippen LogP contribution in [0.1, 0.15) is 63.7 Å². The molecule has 43 heavy (non-hydrogen) atoms. The predicted molar refractivity (Wildman–Crippen MR) is 164 cm³/mol. The molecule has 0 aromatic heterocycles. The number of hydrogen-bond donors (Lipinski definition) is 3. The minimum Gasteiger partial charge on any atom is -0.497 e. The first-order valence-corrected chi connectivity index (χ1v) is 14.6. The van der Waals surface area contributed by atoms with E-state index in [0.717, 1.165) is 13.0 Å². The van der Waals surface area contributed by atoms with Crippen LogP contribution in [0.3, 0.4) is 0 Å². The number of aliphatic imine (C=N–C) groups is 1. The number of ether oxygens (including phenoxy) is 4. The summed E-state index contributed by atoms with van der Waals surface area (Å²) in [5.41, 5.74) is 5.01. The molecule has 1 aliphatic rings. The van der Waals surface area contributed by atoms with E-state index in [2.05, 4.69) is 15.8 Å². The third-order valence-electron chi connectivity index (χ3n) is 6.67. The Bertz CT molecular complexity index is 1230. The van der Waals surface area contributed by atoms with Gasteiger partial charge in [-0.15, -0.1) is 0 Å². The lowest BCUT2D eigenvalue weighted by Crippen LogP contribution is -2.53. The Labute approximate surface area is 254 Å². The first-order valence-electron chi connectivity index (χ1n) is 14.6. The topological polar surface area (TPSA) is 131 Å². The SMILES string of the molecule is COc1cccc([C@@H]2OC(c3ccc(OCCCO)cc3)=N[C@]2(CCC(=O)OC(C)(C)C)C(=O)NNCCCN(C)C)c1.